The lowest BCUT2D eigenvalue weighted by atomic mass is 9.91. The Hall–Kier alpha value is -6.90. The number of aliphatic hydroxyl groups excluding tert-OH is 2. The Kier molecular flexibility index (Phi) is 29.0. The lowest BCUT2D eigenvalue weighted by Gasteiger charge is -2.28. The van der Waals surface area contributed by atoms with Crippen LogP contribution >= 0.6 is 7.49 Å². The molecule has 8 N–H and O–H groups in total. The summed E-state index contributed by atoms with van der Waals surface area (Å²) in [7, 11) is -1.93. The fourth-order valence-electron chi connectivity index (χ4n) is 10.2. The topological polar surface area (TPSA) is 288 Å². The average Bonchev–Trinajstić information content (AvgIpc) is 1.63. The number of hydrogen-bond acceptors (Lipinski definition) is 16. The van der Waals surface area contributed by atoms with Gasteiger partial charge in [0.2, 0.25) is 23.6 Å². The van der Waals surface area contributed by atoms with Crippen LogP contribution in [0, 0.1) is 0 Å². The summed E-state index contributed by atoms with van der Waals surface area (Å²) in [6.45, 7) is 26.0. The third-order valence-electron chi connectivity index (χ3n) is 14.6. The molecule has 3 aromatic rings. The van der Waals surface area contributed by atoms with Gasteiger partial charge in [0.1, 0.15) is 61.8 Å². The maximum Gasteiger partial charge on any atom is 0.407 e. The van der Waals surface area contributed by atoms with Crippen LogP contribution in [0.5, 0.6) is 0 Å². The van der Waals surface area contributed by atoms with Gasteiger partial charge in [-0.25, -0.2) is 18.9 Å². The molecule has 6 unspecified atom stereocenters. The Balaban J connectivity index is 1.28. The highest BCUT2D eigenvalue weighted by Crippen LogP contribution is 2.49. The summed E-state index contributed by atoms with van der Waals surface area (Å²) in [6.07, 6.45) is -0.255. The lowest BCUT2D eigenvalue weighted by Crippen LogP contribution is -2.53. The first kappa shape index (κ1) is 74.8. The molecule has 6 atom stereocenters. The SMILES string of the molecule is C=C(CCC(=O)NC(CCC(=O)NC(CCC(O)OC(C)(C)C)C(=O)OC(C)(C)C)C(=O)NC(CCC(O)O[P+](C)(C)C)C(=O)OC(C)(C)C)NC(CCCCNC(=O)OCC1c2ccccc2-c2ccccc21)C(=O)NCC(OCc1ccccc1)=C1CCC1. The molecular formula is C69H102N6O15P+. The molecule has 0 spiro atoms. The zero-order valence-corrected chi connectivity index (χ0v) is 56.5. The van der Waals surface area contributed by atoms with Gasteiger partial charge in [-0.3, -0.25) is 19.2 Å². The van der Waals surface area contributed by atoms with Crippen molar-refractivity contribution in [3.63, 3.8) is 0 Å². The standard InChI is InChI=1S/C69H101N6O15P/c1-45(72-53(62(80)71-42-57(47-26-23-27-47)85-43-46-24-15-14-16-25-46)32-21-22-41-70-66(84)86-44-52-50-30-19-17-28-48(50)49-29-18-20-31-51(49)52)33-37-58(76)73-54(63(81)75-56(65(83)89-69(8,9)10)36-40-61(79)90-91(11,12)13)34-38-59(77)74-55(64(82)88-68(5,6)7)35-39-60(78)87-67(2,3)4/h14-20,24-25,28-31,52-56,60-61,72,78-79H,1,21-23,26-27,32-44H2,2-13H3,(H4-,70,71,73,74,75,76,77,80,81,84)/p+1. The molecule has 0 aromatic heterocycles. The van der Waals surface area contributed by atoms with Crippen molar-refractivity contribution in [2.45, 2.75) is 218 Å². The molecule has 2 aliphatic carbocycles. The van der Waals surface area contributed by atoms with Gasteiger partial charge in [-0.05, 0) is 160 Å². The molecule has 21 nitrogen and oxygen atoms in total. The van der Waals surface area contributed by atoms with Gasteiger partial charge in [-0.15, -0.1) is 0 Å². The molecule has 5 rings (SSSR count). The van der Waals surface area contributed by atoms with Gasteiger partial charge in [0.05, 0.1) is 32.1 Å². The van der Waals surface area contributed by atoms with Crippen molar-refractivity contribution >= 4 is 49.1 Å². The number of nitrogens with one attached hydrogen (secondary N) is 6. The number of ether oxygens (including phenoxy) is 5. The molecule has 502 valence electrons. The quantitative estimate of drug-likeness (QED) is 0.00671. The number of hydrogen-bond donors (Lipinski definition) is 8. The highest BCUT2D eigenvalue weighted by Gasteiger charge is 2.35. The Bertz CT molecular complexity index is 2900. The van der Waals surface area contributed by atoms with Crippen LogP contribution in [0.1, 0.15) is 175 Å². The van der Waals surface area contributed by atoms with Crippen molar-refractivity contribution < 1.29 is 72.0 Å². The summed E-state index contributed by atoms with van der Waals surface area (Å²) in [5.74, 6) is -3.45. The monoisotopic (exact) mass is 1290 g/mol. The van der Waals surface area contributed by atoms with E-state index in [0.717, 1.165) is 52.7 Å². The second-order valence-corrected chi connectivity index (χ2v) is 31.1. The van der Waals surface area contributed by atoms with Crippen molar-refractivity contribution in [3.05, 3.63) is 119 Å². The van der Waals surface area contributed by atoms with Crippen LogP contribution in [0.4, 0.5) is 4.79 Å². The van der Waals surface area contributed by atoms with Gasteiger partial charge in [0.15, 0.2) is 12.6 Å². The number of carbonyl (C=O) groups is 7. The van der Waals surface area contributed by atoms with Gasteiger partial charge < -0.3 is 65.8 Å². The summed E-state index contributed by atoms with van der Waals surface area (Å²) in [6, 6.07) is 21.1. The van der Waals surface area contributed by atoms with Crippen LogP contribution in [-0.4, -0.2) is 145 Å². The first-order valence-corrected chi connectivity index (χ1v) is 34.8. The van der Waals surface area contributed by atoms with E-state index in [9.17, 15) is 43.8 Å². The van der Waals surface area contributed by atoms with Crippen LogP contribution < -0.4 is 31.9 Å². The minimum atomic E-state index is -1.93. The van der Waals surface area contributed by atoms with Crippen molar-refractivity contribution in [1.82, 2.24) is 31.9 Å². The number of rotatable bonds is 36. The number of allylic oxidation sites excluding steroid dienone is 2. The summed E-state index contributed by atoms with van der Waals surface area (Å²) >= 11 is 0. The fraction of sp³-hybridized carbons (Fsp3) is 0.580. The van der Waals surface area contributed by atoms with Crippen molar-refractivity contribution in [2.24, 2.45) is 0 Å². The van der Waals surface area contributed by atoms with E-state index in [4.69, 9.17) is 28.2 Å². The van der Waals surface area contributed by atoms with Gasteiger partial charge in [0, 0.05) is 43.8 Å². The molecule has 0 saturated heterocycles. The first-order chi connectivity index (χ1) is 42.7. The minimum Gasteiger partial charge on any atom is -0.491 e. The van der Waals surface area contributed by atoms with E-state index in [1.165, 1.54) is 0 Å². The molecule has 2 aliphatic rings. The molecule has 91 heavy (non-hydrogen) atoms. The van der Waals surface area contributed by atoms with Crippen LogP contribution in [0.25, 0.3) is 11.1 Å². The summed E-state index contributed by atoms with van der Waals surface area (Å²) in [5, 5.41) is 38.6. The van der Waals surface area contributed by atoms with E-state index in [1.807, 2.05) is 74.6 Å². The van der Waals surface area contributed by atoms with Crippen molar-refractivity contribution in [3.8, 4) is 11.1 Å². The summed E-state index contributed by atoms with van der Waals surface area (Å²) < 4.78 is 34.7. The number of carbonyl (C=O) groups excluding carboxylic acids is 7. The number of aliphatic hydroxyl groups is 2. The second-order valence-electron chi connectivity index (χ2n) is 27.1. The maximum atomic E-state index is 14.4. The van der Waals surface area contributed by atoms with E-state index < -0.39 is 103 Å². The Morgan fingerprint density at radius 1 is 0.571 bits per heavy atom. The number of esters is 2. The average molecular weight is 1290 g/mol. The van der Waals surface area contributed by atoms with Crippen molar-refractivity contribution in [1.29, 1.82) is 0 Å². The minimum absolute atomic E-state index is 0.000460. The van der Waals surface area contributed by atoms with E-state index in [-0.39, 0.29) is 76.5 Å². The Morgan fingerprint density at radius 3 is 1.67 bits per heavy atom. The van der Waals surface area contributed by atoms with Crippen LogP contribution in [0.15, 0.2) is 102 Å². The van der Waals surface area contributed by atoms with E-state index in [0.29, 0.717) is 37.3 Å². The van der Waals surface area contributed by atoms with E-state index >= 15 is 0 Å². The second kappa shape index (κ2) is 35.2. The summed E-state index contributed by atoms with van der Waals surface area (Å²) in [4.78, 5) is 96.8. The Morgan fingerprint density at radius 2 is 1.11 bits per heavy atom. The van der Waals surface area contributed by atoms with E-state index in [2.05, 4.69) is 62.7 Å². The molecular weight excluding hydrogens is 1180 g/mol. The predicted molar refractivity (Wildman–Crippen MR) is 351 cm³/mol. The van der Waals surface area contributed by atoms with Crippen molar-refractivity contribution in [2.75, 3.05) is 39.7 Å². The number of amides is 5. The van der Waals surface area contributed by atoms with Gasteiger partial charge in [-0.2, -0.15) is 0 Å². The first-order valence-electron chi connectivity index (χ1n) is 31.8. The molecule has 0 bridgehead atoms. The number of benzene rings is 3. The molecule has 0 aliphatic heterocycles. The zero-order chi connectivity index (χ0) is 67.1. The number of fused-ring (bicyclic) bond motifs is 3. The van der Waals surface area contributed by atoms with Gasteiger partial charge in [-0.1, -0.05) is 85.4 Å². The molecule has 1 fully saturated rings. The normalized spacial score (nSPS) is 15.1. The van der Waals surface area contributed by atoms with Gasteiger partial charge in [0.25, 0.3) is 0 Å². The van der Waals surface area contributed by atoms with Crippen LogP contribution in [0.3, 0.4) is 0 Å². The molecule has 0 radical (unpaired) electrons. The molecule has 3 aromatic carbocycles. The van der Waals surface area contributed by atoms with Crippen LogP contribution in [0.2, 0.25) is 0 Å². The number of unbranched alkanes of at least 4 members (excludes halogenated alkanes) is 1. The third kappa shape index (κ3) is 27.8. The third-order valence-corrected chi connectivity index (χ3v) is 15.5. The molecule has 0 heterocycles. The smallest absolute Gasteiger partial charge is 0.407 e. The summed E-state index contributed by atoms with van der Waals surface area (Å²) in [5.41, 5.74) is 4.32. The largest absolute Gasteiger partial charge is 0.491 e. The molecule has 5 amide bonds. The van der Waals surface area contributed by atoms with Gasteiger partial charge >= 0.3 is 18.0 Å². The molecule has 22 heteroatoms. The van der Waals surface area contributed by atoms with E-state index in [1.54, 1.807) is 62.3 Å². The maximum absolute atomic E-state index is 14.4. The van der Waals surface area contributed by atoms with Crippen LogP contribution in [-0.2, 0) is 63.6 Å². The highest BCUT2D eigenvalue weighted by molar-refractivity contribution is 7.69. The predicted octanol–water partition coefficient (Wildman–Crippen LogP) is 9.49. The lowest BCUT2D eigenvalue weighted by molar-refractivity contribution is -0.172. The zero-order valence-electron chi connectivity index (χ0n) is 55.6. The molecule has 1 saturated carbocycles. The number of alkyl carbamates (subject to hydrolysis) is 1. The Labute approximate surface area is 539 Å². The fourth-order valence-corrected chi connectivity index (χ4v) is 11.0. The highest BCUT2D eigenvalue weighted by atomic mass is 31.2.